The molecule has 2 aliphatic heterocycles. The second kappa shape index (κ2) is 5.13. The molecule has 4 heterocycles. The van der Waals surface area contributed by atoms with Gasteiger partial charge in [-0.2, -0.15) is 5.10 Å². The van der Waals surface area contributed by atoms with Gasteiger partial charge in [0.2, 0.25) is 5.95 Å². The first-order valence-electron chi connectivity index (χ1n) is 7.03. The lowest BCUT2D eigenvalue weighted by molar-refractivity contribution is 0.252. The molecule has 2 aromatic heterocycles. The fraction of sp³-hybridized carbons (Fsp3) is 0.385. The first-order chi connectivity index (χ1) is 10.7. The van der Waals surface area contributed by atoms with Crippen molar-refractivity contribution in [2.45, 2.75) is 6.04 Å². The van der Waals surface area contributed by atoms with Crippen LogP contribution in [0.1, 0.15) is 6.04 Å². The van der Waals surface area contributed by atoms with Crippen molar-refractivity contribution in [1.82, 2.24) is 25.1 Å². The van der Waals surface area contributed by atoms with Crippen LogP contribution in [0.15, 0.2) is 24.8 Å². The van der Waals surface area contributed by atoms with Crippen molar-refractivity contribution in [3.05, 3.63) is 29.8 Å². The molecule has 0 saturated carbocycles. The van der Waals surface area contributed by atoms with E-state index in [-0.39, 0.29) is 12.1 Å². The third-order valence-electron chi connectivity index (χ3n) is 3.88. The van der Waals surface area contributed by atoms with Gasteiger partial charge in [0.15, 0.2) is 0 Å². The van der Waals surface area contributed by atoms with Crippen LogP contribution < -0.4 is 15.1 Å². The lowest BCUT2D eigenvalue weighted by Gasteiger charge is -2.39. The van der Waals surface area contributed by atoms with Gasteiger partial charge in [-0.3, -0.25) is 9.58 Å². The highest BCUT2D eigenvalue weighted by Crippen LogP contribution is 2.26. The molecule has 1 N–H and O–H groups in total. The van der Waals surface area contributed by atoms with Crippen LogP contribution in [-0.2, 0) is 0 Å². The Morgan fingerprint density at radius 2 is 2.00 bits per heavy atom. The quantitative estimate of drug-likeness (QED) is 0.910. The Bertz CT molecular complexity index is 695. The Hall–Kier alpha value is -2.35. The van der Waals surface area contributed by atoms with Gasteiger partial charge in [-0.05, 0) is 0 Å². The first-order valence-corrected chi connectivity index (χ1v) is 7.40. The minimum atomic E-state index is -0.0654. The average molecular weight is 320 g/mol. The molecule has 0 radical (unpaired) electrons. The molecule has 0 aliphatic carbocycles. The van der Waals surface area contributed by atoms with Gasteiger partial charge in [-0.1, -0.05) is 11.6 Å². The summed E-state index contributed by atoms with van der Waals surface area (Å²) in [5.41, 5.74) is 0.830. The molecular formula is C13H14ClN7O. The van der Waals surface area contributed by atoms with Gasteiger partial charge in [0, 0.05) is 32.4 Å². The monoisotopic (exact) mass is 319 g/mol. The van der Waals surface area contributed by atoms with Crippen molar-refractivity contribution < 1.29 is 4.79 Å². The fourth-order valence-electron chi connectivity index (χ4n) is 2.64. The van der Waals surface area contributed by atoms with Gasteiger partial charge >= 0.3 is 6.03 Å². The molecule has 114 valence electrons. The summed E-state index contributed by atoms with van der Waals surface area (Å²) in [6.07, 6.45) is 6.83. The highest BCUT2D eigenvalue weighted by Gasteiger charge is 2.31. The standard InChI is InChI=1S/C13H14ClN7O/c14-9-3-16-12(17-4-9)19-6-11(7-19)21-8-10(5-18-21)20-2-1-15-13(20)22/h3-5,8,11H,1-2,6-7H2,(H,15,22). The minimum absolute atomic E-state index is 0.0654. The Morgan fingerprint density at radius 1 is 1.23 bits per heavy atom. The summed E-state index contributed by atoms with van der Waals surface area (Å²) in [5, 5.41) is 7.68. The van der Waals surface area contributed by atoms with Crippen LogP contribution in [0.3, 0.4) is 0 Å². The third-order valence-corrected chi connectivity index (χ3v) is 4.08. The van der Waals surface area contributed by atoms with Crippen LogP contribution in [0.4, 0.5) is 16.4 Å². The van der Waals surface area contributed by atoms with E-state index < -0.39 is 0 Å². The van der Waals surface area contributed by atoms with E-state index in [1.807, 2.05) is 10.9 Å². The van der Waals surface area contributed by atoms with E-state index in [0.717, 1.165) is 18.8 Å². The zero-order valence-corrected chi connectivity index (χ0v) is 12.4. The molecule has 0 unspecified atom stereocenters. The van der Waals surface area contributed by atoms with Gasteiger partial charge in [-0.15, -0.1) is 0 Å². The second-order valence-electron chi connectivity index (χ2n) is 5.32. The van der Waals surface area contributed by atoms with E-state index in [9.17, 15) is 4.79 Å². The Balaban J connectivity index is 1.42. The Kier molecular flexibility index (Phi) is 3.11. The lowest BCUT2D eigenvalue weighted by atomic mass is 10.1. The number of nitrogens with one attached hydrogen (secondary N) is 1. The van der Waals surface area contributed by atoms with Crippen molar-refractivity contribution in [1.29, 1.82) is 0 Å². The van der Waals surface area contributed by atoms with Crippen LogP contribution in [0.2, 0.25) is 5.02 Å². The molecule has 2 saturated heterocycles. The zero-order valence-electron chi connectivity index (χ0n) is 11.7. The Labute approximate surface area is 131 Å². The maximum absolute atomic E-state index is 11.6. The van der Waals surface area contributed by atoms with Gasteiger partial charge in [0.05, 0.1) is 35.3 Å². The molecule has 2 amide bonds. The number of anilines is 2. The number of hydrogen-bond donors (Lipinski definition) is 1. The van der Waals surface area contributed by atoms with Gasteiger partial charge in [0.25, 0.3) is 0 Å². The number of halogens is 1. The summed E-state index contributed by atoms with van der Waals surface area (Å²) in [7, 11) is 0. The second-order valence-corrected chi connectivity index (χ2v) is 5.76. The van der Waals surface area contributed by atoms with Crippen molar-refractivity contribution in [3.63, 3.8) is 0 Å². The molecule has 8 nitrogen and oxygen atoms in total. The predicted molar refractivity (Wildman–Crippen MR) is 81.3 cm³/mol. The van der Waals surface area contributed by atoms with Gasteiger partial charge in [-0.25, -0.2) is 14.8 Å². The summed E-state index contributed by atoms with van der Waals surface area (Å²) in [6, 6.07) is 0.197. The van der Waals surface area contributed by atoms with Crippen LogP contribution in [0.5, 0.6) is 0 Å². The molecule has 0 bridgehead atoms. The van der Waals surface area contributed by atoms with Crippen molar-refractivity contribution >= 4 is 29.3 Å². The molecule has 2 aliphatic rings. The molecule has 0 atom stereocenters. The highest BCUT2D eigenvalue weighted by molar-refractivity contribution is 6.30. The van der Waals surface area contributed by atoms with Crippen molar-refractivity contribution in [3.8, 4) is 0 Å². The molecule has 2 aromatic rings. The smallest absolute Gasteiger partial charge is 0.322 e. The van der Waals surface area contributed by atoms with E-state index in [1.165, 1.54) is 0 Å². The molecule has 2 fully saturated rings. The first kappa shape index (κ1) is 13.3. The number of hydrogen-bond acceptors (Lipinski definition) is 5. The van der Waals surface area contributed by atoms with Crippen molar-refractivity contribution in [2.75, 3.05) is 36.0 Å². The number of carbonyl (C=O) groups is 1. The molecule has 0 spiro atoms. The molecule has 4 rings (SSSR count). The summed E-state index contributed by atoms with van der Waals surface area (Å²) in [4.78, 5) is 23.8. The van der Waals surface area contributed by atoms with E-state index in [2.05, 4.69) is 25.3 Å². The minimum Gasteiger partial charge on any atom is -0.336 e. The zero-order chi connectivity index (χ0) is 15.1. The lowest BCUT2D eigenvalue weighted by Crippen LogP contribution is -2.48. The van der Waals surface area contributed by atoms with E-state index in [0.29, 0.717) is 24.1 Å². The molecule has 0 aromatic carbocycles. The predicted octanol–water partition coefficient (Wildman–Crippen LogP) is 0.917. The van der Waals surface area contributed by atoms with E-state index in [1.54, 1.807) is 23.5 Å². The normalized spacial score (nSPS) is 18.5. The summed E-state index contributed by atoms with van der Waals surface area (Å²) < 4.78 is 1.90. The highest BCUT2D eigenvalue weighted by atomic mass is 35.5. The molecule has 22 heavy (non-hydrogen) atoms. The van der Waals surface area contributed by atoms with E-state index >= 15 is 0 Å². The Morgan fingerprint density at radius 3 is 2.68 bits per heavy atom. The van der Waals surface area contributed by atoms with E-state index in [4.69, 9.17) is 11.6 Å². The molecule has 9 heteroatoms. The van der Waals surface area contributed by atoms with Gasteiger partial charge in [0.1, 0.15) is 0 Å². The maximum atomic E-state index is 11.6. The number of aromatic nitrogens is 4. The number of amides is 2. The molecular weight excluding hydrogens is 306 g/mol. The van der Waals surface area contributed by atoms with Crippen LogP contribution >= 0.6 is 11.6 Å². The average Bonchev–Trinajstić information content (AvgIpc) is 3.08. The largest absolute Gasteiger partial charge is 0.336 e. The van der Waals surface area contributed by atoms with Crippen molar-refractivity contribution in [2.24, 2.45) is 0 Å². The van der Waals surface area contributed by atoms with Crippen LogP contribution in [0.25, 0.3) is 0 Å². The maximum Gasteiger partial charge on any atom is 0.322 e. The number of rotatable bonds is 3. The summed E-state index contributed by atoms with van der Waals surface area (Å²) in [5.74, 6) is 0.673. The number of urea groups is 1. The number of carbonyl (C=O) groups excluding carboxylic acids is 1. The third kappa shape index (κ3) is 2.25. The fourth-order valence-corrected chi connectivity index (χ4v) is 2.74. The topological polar surface area (TPSA) is 79.2 Å². The SMILES string of the molecule is O=C1NCCN1c1cnn(C2CN(c3ncc(Cl)cn3)C2)c1. The number of nitrogens with zero attached hydrogens (tertiary/aromatic N) is 6. The van der Waals surface area contributed by atoms with Crippen LogP contribution in [0, 0.1) is 0 Å². The summed E-state index contributed by atoms with van der Waals surface area (Å²) >= 11 is 5.78. The summed E-state index contributed by atoms with van der Waals surface area (Å²) in [6.45, 7) is 2.93. The van der Waals surface area contributed by atoms with Gasteiger partial charge < -0.3 is 10.2 Å². The van der Waals surface area contributed by atoms with Crippen LogP contribution in [-0.4, -0.2) is 52.0 Å².